The van der Waals surface area contributed by atoms with Gasteiger partial charge in [0.2, 0.25) is 0 Å². The van der Waals surface area contributed by atoms with Crippen LogP contribution in [-0.2, 0) is 0 Å². The first-order valence-corrected chi connectivity index (χ1v) is 9.64. The Kier molecular flexibility index (Phi) is 4.54. The van der Waals surface area contributed by atoms with Crippen LogP contribution in [0.3, 0.4) is 0 Å². The Labute approximate surface area is 173 Å². The minimum Gasteiger partial charge on any atom is -0.347 e. The van der Waals surface area contributed by atoms with E-state index in [4.69, 9.17) is 0 Å². The maximum atomic E-state index is 12.4. The van der Waals surface area contributed by atoms with Crippen LogP contribution in [0.2, 0.25) is 0 Å². The fraction of sp³-hybridized carbons (Fsp3) is 0. The fourth-order valence-corrected chi connectivity index (χ4v) is 3.43. The summed E-state index contributed by atoms with van der Waals surface area (Å²) in [5.41, 5.74) is 5.79. The molecule has 30 heavy (non-hydrogen) atoms. The molecule has 0 spiro atoms. The van der Waals surface area contributed by atoms with Crippen molar-refractivity contribution in [3.63, 3.8) is 0 Å². The van der Waals surface area contributed by atoms with E-state index in [9.17, 15) is 4.79 Å². The Morgan fingerprint density at radius 2 is 1.27 bits per heavy atom. The van der Waals surface area contributed by atoms with Gasteiger partial charge in [-0.1, -0.05) is 84.9 Å². The first kappa shape index (κ1) is 17.8. The molecule has 0 bridgehead atoms. The highest BCUT2D eigenvalue weighted by molar-refractivity contribution is 6.15. The maximum absolute atomic E-state index is 12.4. The fourth-order valence-electron chi connectivity index (χ4n) is 3.43. The van der Waals surface area contributed by atoms with Crippen molar-refractivity contribution in [1.29, 1.82) is 0 Å². The highest BCUT2D eigenvalue weighted by atomic mass is 16.1. The molecule has 1 aliphatic heterocycles. The molecule has 0 saturated carbocycles. The Balaban J connectivity index is 1.60. The van der Waals surface area contributed by atoms with Crippen molar-refractivity contribution < 1.29 is 0 Å². The monoisotopic (exact) mass is 390 g/mol. The Hall–Kier alpha value is -4.25. The molecule has 0 amide bonds. The summed E-state index contributed by atoms with van der Waals surface area (Å²) in [6, 6.07) is 28.3. The lowest BCUT2D eigenvalue weighted by molar-refractivity contribution is 1.11. The number of benzene rings is 3. The van der Waals surface area contributed by atoms with E-state index in [0.717, 1.165) is 33.7 Å². The molecular weight excluding hydrogens is 372 g/mol. The molecule has 0 saturated heterocycles. The number of hydrogen-bond acceptors (Lipinski definition) is 4. The quantitative estimate of drug-likeness (QED) is 0.516. The summed E-state index contributed by atoms with van der Waals surface area (Å²) in [7, 11) is 0. The van der Waals surface area contributed by atoms with Crippen LogP contribution < -0.4 is 10.9 Å². The molecule has 0 atom stereocenters. The van der Waals surface area contributed by atoms with Gasteiger partial charge in [0.15, 0.2) is 11.5 Å². The molecule has 1 aromatic heterocycles. The van der Waals surface area contributed by atoms with Crippen LogP contribution >= 0.6 is 0 Å². The third-order valence-corrected chi connectivity index (χ3v) is 4.97. The molecule has 0 radical (unpaired) electrons. The molecule has 1 aliphatic rings. The van der Waals surface area contributed by atoms with E-state index < -0.39 is 0 Å². The second kappa shape index (κ2) is 7.64. The molecule has 5 rings (SSSR count). The molecule has 0 fully saturated rings. The van der Waals surface area contributed by atoms with Gasteiger partial charge >= 0.3 is 0 Å². The number of allylic oxidation sites excluding steroid dienone is 1. The standard InChI is InChI=1S/C25H18N4O/c30-25-23-24(26-16-27-25)29-22(19-9-5-2-6-10-19)15-21(28-23)20-13-11-18(12-14-20)17-7-3-1-4-8-17/h1-16,28H,(H,26,27,30). The van der Waals surface area contributed by atoms with Crippen molar-refractivity contribution in [1.82, 2.24) is 9.97 Å². The summed E-state index contributed by atoms with van der Waals surface area (Å²) >= 11 is 0. The molecule has 0 aliphatic carbocycles. The SMILES string of the molecule is O=c1[nH]cnc2c1NC(c1ccc(-c3ccccc3)cc1)=CC(c1ccccc1)=N2. The number of hydrogen-bond donors (Lipinski definition) is 2. The first-order valence-electron chi connectivity index (χ1n) is 9.64. The lowest BCUT2D eigenvalue weighted by Gasteiger charge is -2.11. The molecular formula is C25H18N4O. The number of H-pyrrole nitrogens is 1. The lowest BCUT2D eigenvalue weighted by Crippen LogP contribution is -2.13. The van der Waals surface area contributed by atoms with Gasteiger partial charge in [-0.3, -0.25) is 4.79 Å². The van der Waals surface area contributed by atoms with Crippen LogP contribution in [0.4, 0.5) is 11.5 Å². The van der Waals surface area contributed by atoms with Crippen molar-refractivity contribution in [2.45, 2.75) is 0 Å². The average Bonchev–Trinajstić information content (AvgIpc) is 3.01. The molecule has 0 unspecified atom stereocenters. The van der Waals surface area contributed by atoms with Crippen LogP contribution in [0, 0.1) is 0 Å². The predicted octanol–water partition coefficient (Wildman–Crippen LogP) is 5.02. The number of fused-ring (bicyclic) bond motifs is 1. The normalized spacial score (nSPS) is 12.8. The van der Waals surface area contributed by atoms with Crippen molar-refractivity contribution in [3.8, 4) is 11.1 Å². The molecule has 2 heterocycles. The number of aliphatic imine (C=N–C) groups is 1. The summed E-state index contributed by atoms with van der Waals surface area (Å²) in [6.45, 7) is 0. The van der Waals surface area contributed by atoms with E-state index in [1.54, 1.807) is 0 Å². The van der Waals surface area contributed by atoms with Gasteiger partial charge < -0.3 is 10.3 Å². The number of nitrogens with zero attached hydrogens (tertiary/aromatic N) is 2. The predicted molar refractivity (Wildman–Crippen MR) is 121 cm³/mol. The number of nitrogens with one attached hydrogen (secondary N) is 2. The zero-order chi connectivity index (χ0) is 20.3. The highest BCUT2D eigenvalue weighted by Gasteiger charge is 2.17. The van der Waals surface area contributed by atoms with Crippen LogP contribution in [0.1, 0.15) is 11.1 Å². The first-order chi connectivity index (χ1) is 14.8. The third-order valence-electron chi connectivity index (χ3n) is 4.97. The molecule has 5 heteroatoms. The van der Waals surface area contributed by atoms with Crippen molar-refractivity contribution >= 4 is 22.9 Å². The van der Waals surface area contributed by atoms with E-state index in [-0.39, 0.29) is 5.56 Å². The smallest absolute Gasteiger partial charge is 0.276 e. The zero-order valence-electron chi connectivity index (χ0n) is 16.0. The van der Waals surface area contributed by atoms with E-state index in [0.29, 0.717) is 11.5 Å². The summed E-state index contributed by atoms with van der Waals surface area (Å²) in [4.78, 5) is 24.0. The summed E-state index contributed by atoms with van der Waals surface area (Å²) in [6.07, 6.45) is 3.32. The van der Waals surface area contributed by atoms with Crippen LogP contribution in [-0.4, -0.2) is 15.7 Å². The van der Waals surface area contributed by atoms with Gasteiger partial charge in [-0.05, 0) is 22.8 Å². The molecule has 144 valence electrons. The summed E-state index contributed by atoms with van der Waals surface area (Å²) in [5.74, 6) is 0.366. The van der Waals surface area contributed by atoms with Crippen LogP contribution in [0.25, 0.3) is 16.8 Å². The van der Waals surface area contributed by atoms with Crippen molar-refractivity contribution in [2.24, 2.45) is 4.99 Å². The van der Waals surface area contributed by atoms with Gasteiger partial charge in [-0.25, -0.2) is 9.98 Å². The van der Waals surface area contributed by atoms with E-state index >= 15 is 0 Å². The number of anilines is 1. The maximum Gasteiger partial charge on any atom is 0.276 e. The summed E-state index contributed by atoms with van der Waals surface area (Å²) in [5, 5.41) is 3.24. The van der Waals surface area contributed by atoms with Gasteiger partial charge in [0.1, 0.15) is 0 Å². The van der Waals surface area contributed by atoms with E-state index in [1.807, 2.05) is 66.7 Å². The van der Waals surface area contributed by atoms with Gasteiger partial charge in [0.05, 0.1) is 12.0 Å². The molecule has 4 aromatic rings. The van der Waals surface area contributed by atoms with Gasteiger partial charge in [0, 0.05) is 11.3 Å². The Morgan fingerprint density at radius 3 is 1.97 bits per heavy atom. The zero-order valence-corrected chi connectivity index (χ0v) is 16.0. The number of aromatic nitrogens is 2. The topological polar surface area (TPSA) is 70.1 Å². The van der Waals surface area contributed by atoms with E-state index in [1.165, 1.54) is 6.33 Å². The average molecular weight is 390 g/mol. The second-order valence-corrected chi connectivity index (χ2v) is 6.92. The number of rotatable bonds is 3. The summed E-state index contributed by atoms with van der Waals surface area (Å²) < 4.78 is 0. The van der Waals surface area contributed by atoms with Crippen molar-refractivity contribution in [3.05, 3.63) is 119 Å². The van der Waals surface area contributed by atoms with E-state index in [2.05, 4.69) is 44.5 Å². The van der Waals surface area contributed by atoms with Gasteiger partial charge in [0.25, 0.3) is 5.56 Å². The van der Waals surface area contributed by atoms with Crippen molar-refractivity contribution in [2.75, 3.05) is 5.32 Å². The van der Waals surface area contributed by atoms with Gasteiger partial charge in [-0.15, -0.1) is 0 Å². The second-order valence-electron chi connectivity index (χ2n) is 6.92. The van der Waals surface area contributed by atoms with Crippen LogP contribution in [0.15, 0.2) is 107 Å². The largest absolute Gasteiger partial charge is 0.347 e. The lowest BCUT2D eigenvalue weighted by atomic mass is 10.0. The highest BCUT2D eigenvalue weighted by Crippen LogP contribution is 2.29. The Morgan fingerprint density at radius 1 is 0.667 bits per heavy atom. The third kappa shape index (κ3) is 3.44. The minimum atomic E-state index is -0.259. The van der Waals surface area contributed by atoms with Crippen LogP contribution in [0.5, 0.6) is 0 Å². The Bertz CT molecular complexity index is 1300. The number of aromatic amines is 1. The molecule has 3 aromatic carbocycles. The minimum absolute atomic E-state index is 0.259. The molecule has 2 N–H and O–H groups in total. The van der Waals surface area contributed by atoms with Gasteiger partial charge in [-0.2, -0.15) is 0 Å². The molecule has 5 nitrogen and oxygen atoms in total.